The van der Waals surface area contributed by atoms with Gasteiger partial charge in [-0.25, -0.2) is 0 Å². The van der Waals surface area contributed by atoms with Crippen LogP contribution < -0.4 is 14.8 Å². The third-order valence-electron chi connectivity index (χ3n) is 4.91. The zero-order chi connectivity index (χ0) is 21.3. The lowest BCUT2D eigenvalue weighted by atomic mass is 10.0. The van der Waals surface area contributed by atoms with Crippen molar-refractivity contribution in [1.82, 2.24) is 10.2 Å². The molecular weight excluding hydrogens is 447 g/mol. The number of nitrogens with zero attached hydrogens (tertiary/aromatic N) is 1. The first-order valence-electron chi connectivity index (χ1n) is 9.97. The van der Waals surface area contributed by atoms with Crippen molar-refractivity contribution in [3.63, 3.8) is 0 Å². The van der Waals surface area contributed by atoms with Gasteiger partial charge < -0.3 is 19.7 Å². The normalized spacial score (nSPS) is 15.0. The van der Waals surface area contributed by atoms with E-state index in [1.54, 1.807) is 36.4 Å². The monoisotopic (exact) mass is 470 g/mol. The molecule has 2 aromatic carbocycles. The van der Waals surface area contributed by atoms with Crippen molar-refractivity contribution in [2.24, 2.45) is 0 Å². The van der Waals surface area contributed by atoms with E-state index in [2.05, 4.69) is 10.2 Å². The van der Waals surface area contributed by atoms with Gasteiger partial charge in [0, 0.05) is 36.8 Å². The molecule has 3 rings (SSSR count). The predicted octanol–water partition coefficient (Wildman–Crippen LogP) is 5.08. The zero-order valence-corrected chi connectivity index (χ0v) is 18.8. The second-order valence-corrected chi connectivity index (χ2v) is 8.45. The Balaban J connectivity index is 1.27. The molecular formula is C22H25Cl3N2O3. The minimum atomic E-state index is -0.0987. The summed E-state index contributed by atoms with van der Waals surface area (Å²) in [5.74, 6) is 1.26. The lowest BCUT2D eigenvalue weighted by Gasteiger charge is -2.32. The molecule has 162 valence electrons. The van der Waals surface area contributed by atoms with Crippen LogP contribution in [0.1, 0.15) is 19.3 Å². The van der Waals surface area contributed by atoms with Gasteiger partial charge in [0.15, 0.2) is 6.61 Å². The van der Waals surface area contributed by atoms with Gasteiger partial charge in [-0.15, -0.1) is 0 Å². The molecule has 0 atom stereocenters. The van der Waals surface area contributed by atoms with Crippen LogP contribution in [0.5, 0.6) is 11.5 Å². The Bertz CT molecular complexity index is 825. The SMILES string of the molecule is O=C(COc1ccc(Cl)cc1)NC1CCN(CCCOc2ccc(Cl)c(Cl)c2)CC1. The van der Waals surface area contributed by atoms with Gasteiger partial charge in [0.2, 0.25) is 0 Å². The van der Waals surface area contributed by atoms with Gasteiger partial charge in [-0.2, -0.15) is 0 Å². The van der Waals surface area contributed by atoms with E-state index in [0.29, 0.717) is 27.4 Å². The minimum Gasteiger partial charge on any atom is -0.493 e. The predicted molar refractivity (Wildman–Crippen MR) is 121 cm³/mol. The van der Waals surface area contributed by atoms with Crippen LogP contribution in [0.25, 0.3) is 0 Å². The summed E-state index contributed by atoms with van der Waals surface area (Å²) in [6, 6.07) is 12.4. The Morgan fingerprint density at radius 3 is 2.37 bits per heavy atom. The van der Waals surface area contributed by atoms with Crippen LogP contribution in [0.15, 0.2) is 42.5 Å². The number of halogens is 3. The molecule has 1 amide bonds. The van der Waals surface area contributed by atoms with Crippen LogP contribution in [-0.2, 0) is 4.79 Å². The summed E-state index contributed by atoms with van der Waals surface area (Å²) in [5.41, 5.74) is 0. The van der Waals surface area contributed by atoms with E-state index in [4.69, 9.17) is 44.3 Å². The van der Waals surface area contributed by atoms with Crippen LogP contribution >= 0.6 is 34.8 Å². The van der Waals surface area contributed by atoms with E-state index < -0.39 is 0 Å². The Kier molecular flexibility index (Phi) is 8.94. The first kappa shape index (κ1) is 23.0. The second kappa shape index (κ2) is 11.7. The summed E-state index contributed by atoms with van der Waals surface area (Å²) in [4.78, 5) is 14.5. The van der Waals surface area contributed by atoms with Gasteiger partial charge in [0.1, 0.15) is 11.5 Å². The number of rotatable bonds is 9. The molecule has 1 aliphatic heterocycles. The fourth-order valence-corrected chi connectivity index (χ4v) is 3.71. The number of nitrogens with one attached hydrogen (secondary N) is 1. The number of likely N-dealkylation sites (tertiary alicyclic amines) is 1. The van der Waals surface area contributed by atoms with Crippen molar-refractivity contribution >= 4 is 40.7 Å². The van der Waals surface area contributed by atoms with Crippen molar-refractivity contribution in [1.29, 1.82) is 0 Å². The third-order valence-corrected chi connectivity index (χ3v) is 5.91. The smallest absolute Gasteiger partial charge is 0.258 e. The quantitative estimate of drug-likeness (QED) is 0.519. The molecule has 0 radical (unpaired) electrons. The summed E-state index contributed by atoms with van der Waals surface area (Å²) in [7, 11) is 0. The summed E-state index contributed by atoms with van der Waals surface area (Å²) < 4.78 is 11.2. The lowest BCUT2D eigenvalue weighted by molar-refractivity contribution is -0.124. The van der Waals surface area contributed by atoms with Crippen molar-refractivity contribution in [3.05, 3.63) is 57.5 Å². The zero-order valence-electron chi connectivity index (χ0n) is 16.6. The van der Waals surface area contributed by atoms with E-state index in [1.165, 1.54) is 0 Å². The number of amides is 1. The van der Waals surface area contributed by atoms with Crippen LogP contribution in [0.4, 0.5) is 0 Å². The second-order valence-electron chi connectivity index (χ2n) is 7.20. The van der Waals surface area contributed by atoms with Gasteiger partial charge in [0.25, 0.3) is 5.91 Å². The Labute approximate surface area is 192 Å². The number of ether oxygens (including phenoxy) is 2. The molecule has 0 spiro atoms. The maximum Gasteiger partial charge on any atom is 0.258 e. The van der Waals surface area contributed by atoms with Crippen molar-refractivity contribution in [3.8, 4) is 11.5 Å². The van der Waals surface area contributed by atoms with E-state index >= 15 is 0 Å². The molecule has 30 heavy (non-hydrogen) atoms. The highest BCUT2D eigenvalue weighted by atomic mass is 35.5. The average Bonchev–Trinajstić information content (AvgIpc) is 2.74. The maximum atomic E-state index is 12.1. The molecule has 8 heteroatoms. The van der Waals surface area contributed by atoms with E-state index in [9.17, 15) is 4.79 Å². The topological polar surface area (TPSA) is 50.8 Å². The Morgan fingerprint density at radius 2 is 1.67 bits per heavy atom. The highest BCUT2D eigenvalue weighted by Gasteiger charge is 2.20. The highest BCUT2D eigenvalue weighted by Crippen LogP contribution is 2.26. The summed E-state index contributed by atoms with van der Waals surface area (Å²) in [6.45, 7) is 3.50. The number of carbonyl (C=O) groups is 1. The standard InChI is InChI=1S/C22H25Cl3N2O3/c23-16-2-4-18(5-3-16)30-15-22(28)26-17-8-11-27(12-9-17)10-1-13-29-19-6-7-20(24)21(25)14-19/h2-7,14,17H,1,8-13,15H2,(H,26,28). The summed E-state index contributed by atoms with van der Waals surface area (Å²) >= 11 is 17.7. The van der Waals surface area contributed by atoms with Crippen molar-refractivity contribution < 1.29 is 14.3 Å². The molecule has 1 heterocycles. The maximum absolute atomic E-state index is 12.1. The minimum absolute atomic E-state index is 0.00784. The lowest BCUT2D eigenvalue weighted by Crippen LogP contribution is -2.46. The fraction of sp³-hybridized carbons (Fsp3) is 0.409. The van der Waals surface area contributed by atoms with Crippen LogP contribution in [0.3, 0.4) is 0 Å². The molecule has 1 aliphatic rings. The van der Waals surface area contributed by atoms with Crippen LogP contribution in [-0.4, -0.2) is 49.7 Å². The van der Waals surface area contributed by atoms with E-state index in [-0.39, 0.29) is 18.6 Å². The van der Waals surface area contributed by atoms with Gasteiger partial charge >= 0.3 is 0 Å². The van der Waals surface area contributed by atoms with Gasteiger partial charge in [-0.1, -0.05) is 34.8 Å². The van der Waals surface area contributed by atoms with Gasteiger partial charge in [0.05, 0.1) is 16.7 Å². The molecule has 1 fully saturated rings. The first-order chi connectivity index (χ1) is 14.5. The molecule has 1 N–H and O–H groups in total. The largest absolute Gasteiger partial charge is 0.493 e. The third kappa shape index (κ3) is 7.55. The van der Waals surface area contributed by atoms with Crippen LogP contribution in [0, 0.1) is 0 Å². The first-order valence-corrected chi connectivity index (χ1v) is 11.1. The van der Waals surface area contributed by atoms with Crippen LogP contribution in [0.2, 0.25) is 15.1 Å². The number of carbonyl (C=O) groups excluding carboxylic acids is 1. The number of hydrogen-bond acceptors (Lipinski definition) is 4. The highest BCUT2D eigenvalue weighted by molar-refractivity contribution is 6.42. The molecule has 0 unspecified atom stereocenters. The van der Waals surface area contributed by atoms with E-state index in [1.807, 2.05) is 6.07 Å². The Hall–Kier alpha value is -1.66. The Morgan fingerprint density at radius 1 is 0.967 bits per heavy atom. The molecule has 1 saturated heterocycles. The average molecular weight is 472 g/mol. The van der Waals surface area contributed by atoms with E-state index in [0.717, 1.165) is 44.6 Å². The summed E-state index contributed by atoms with van der Waals surface area (Å²) in [5, 5.41) is 4.71. The fourth-order valence-electron chi connectivity index (χ4n) is 3.29. The molecule has 5 nitrogen and oxygen atoms in total. The number of piperidine rings is 1. The number of benzene rings is 2. The van der Waals surface area contributed by atoms with Gasteiger partial charge in [-0.05, 0) is 55.7 Å². The molecule has 2 aromatic rings. The molecule has 0 aromatic heterocycles. The molecule has 0 saturated carbocycles. The summed E-state index contributed by atoms with van der Waals surface area (Å²) in [6.07, 6.45) is 2.78. The molecule has 0 bridgehead atoms. The molecule has 0 aliphatic carbocycles. The van der Waals surface area contributed by atoms with Crippen molar-refractivity contribution in [2.75, 3.05) is 32.8 Å². The van der Waals surface area contributed by atoms with Gasteiger partial charge in [-0.3, -0.25) is 4.79 Å². The number of hydrogen-bond donors (Lipinski definition) is 1. The van der Waals surface area contributed by atoms with Crippen molar-refractivity contribution in [2.45, 2.75) is 25.3 Å².